The van der Waals surface area contributed by atoms with Crippen LogP contribution in [0.25, 0.3) is 0 Å². The summed E-state index contributed by atoms with van der Waals surface area (Å²) in [5.41, 5.74) is 4.13. The molecule has 3 rings (SSSR count). The molecule has 1 aliphatic rings. The van der Waals surface area contributed by atoms with Crippen LogP contribution in [0.5, 0.6) is 0 Å². The van der Waals surface area contributed by atoms with Crippen molar-refractivity contribution in [3.8, 4) is 0 Å². The molecular formula is C20H22N2O2. The Bertz CT molecular complexity index is 739. The number of benzene rings is 2. The molecule has 0 bridgehead atoms. The van der Waals surface area contributed by atoms with E-state index >= 15 is 0 Å². The summed E-state index contributed by atoms with van der Waals surface area (Å²) < 4.78 is 0. The Kier molecular flexibility index (Phi) is 4.65. The smallest absolute Gasteiger partial charge is 0.255 e. The van der Waals surface area contributed by atoms with Crippen LogP contribution in [-0.2, 0) is 0 Å². The van der Waals surface area contributed by atoms with Crippen LogP contribution in [0.2, 0.25) is 0 Å². The summed E-state index contributed by atoms with van der Waals surface area (Å²) in [5, 5.41) is 2.88. The van der Waals surface area contributed by atoms with Crippen LogP contribution in [0.4, 0.5) is 5.69 Å². The third kappa shape index (κ3) is 3.65. The molecule has 0 atom stereocenters. The van der Waals surface area contributed by atoms with Crippen LogP contribution in [-0.4, -0.2) is 29.8 Å². The van der Waals surface area contributed by atoms with Gasteiger partial charge in [0.1, 0.15) is 0 Å². The number of amides is 2. The molecule has 1 heterocycles. The predicted molar refractivity (Wildman–Crippen MR) is 95.4 cm³/mol. The minimum atomic E-state index is -0.139. The number of likely N-dealkylation sites (tertiary alicyclic amines) is 1. The monoisotopic (exact) mass is 322 g/mol. The highest BCUT2D eigenvalue weighted by Crippen LogP contribution is 2.17. The first kappa shape index (κ1) is 16.2. The summed E-state index contributed by atoms with van der Waals surface area (Å²) in [6, 6.07) is 12.9. The first-order valence-corrected chi connectivity index (χ1v) is 8.32. The lowest BCUT2D eigenvalue weighted by molar-refractivity contribution is 0.0792. The number of hydrogen-bond acceptors (Lipinski definition) is 2. The van der Waals surface area contributed by atoms with E-state index in [-0.39, 0.29) is 11.8 Å². The zero-order valence-electron chi connectivity index (χ0n) is 14.1. The summed E-state index contributed by atoms with van der Waals surface area (Å²) in [4.78, 5) is 26.6. The molecule has 0 aliphatic carbocycles. The molecule has 2 aromatic rings. The highest BCUT2D eigenvalue weighted by Gasteiger charge is 2.19. The van der Waals surface area contributed by atoms with Crippen molar-refractivity contribution in [2.75, 3.05) is 18.4 Å². The molecule has 1 N–H and O–H groups in total. The maximum atomic E-state index is 12.4. The Morgan fingerprint density at radius 2 is 1.46 bits per heavy atom. The van der Waals surface area contributed by atoms with Crippen molar-refractivity contribution in [3.63, 3.8) is 0 Å². The van der Waals surface area contributed by atoms with Crippen LogP contribution in [0.1, 0.15) is 44.7 Å². The number of carbonyl (C=O) groups is 2. The van der Waals surface area contributed by atoms with Crippen LogP contribution in [0, 0.1) is 13.8 Å². The second kappa shape index (κ2) is 6.87. The van der Waals surface area contributed by atoms with Gasteiger partial charge < -0.3 is 10.2 Å². The number of rotatable bonds is 3. The minimum absolute atomic E-state index is 0.0692. The quantitative estimate of drug-likeness (QED) is 0.934. The molecule has 1 fully saturated rings. The van der Waals surface area contributed by atoms with Gasteiger partial charge in [0.2, 0.25) is 0 Å². The zero-order chi connectivity index (χ0) is 17.1. The normalized spacial score (nSPS) is 13.8. The summed E-state index contributed by atoms with van der Waals surface area (Å²) in [6.07, 6.45) is 2.16. The number of nitrogens with one attached hydrogen (secondary N) is 1. The van der Waals surface area contributed by atoms with E-state index in [2.05, 4.69) is 5.32 Å². The second-order valence-electron chi connectivity index (χ2n) is 6.41. The summed E-state index contributed by atoms with van der Waals surface area (Å²) in [7, 11) is 0. The molecule has 4 nitrogen and oxygen atoms in total. The average Bonchev–Trinajstić information content (AvgIpc) is 3.08. The van der Waals surface area contributed by atoms with Crippen molar-refractivity contribution >= 4 is 17.5 Å². The summed E-state index contributed by atoms with van der Waals surface area (Å²) >= 11 is 0. The van der Waals surface area contributed by atoms with Crippen LogP contribution >= 0.6 is 0 Å². The molecule has 0 saturated carbocycles. The molecular weight excluding hydrogens is 300 g/mol. The SMILES string of the molecule is Cc1cc(C)cc(C(=O)Nc2ccc(C(=O)N3CCCC3)cc2)c1. The van der Waals surface area contributed by atoms with Gasteiger partial charge in [-0.1, -0.05) is 17.2 Å². The number of carbonyl (C=O) groups excluding carboxylic acids is 2. The first-order chi connectivity index (χ1) is 11.5. The van der Waals surface area contributed by atoms with Gasteiger partial charge in [-0.3, -0.25) is 9.59 Å². The standard InChI is InChI=1S/C20H22N2O2/c1-14-11-15(2)13-17(12-14)19(23)21-18-7-5-16(6-8-18)20(24)22-9-3-4-10-22/h5-8,11-13H,3-4,9-10H2,1-2H3,(H,21,23). The Morgan fingerprint density at radius 1 is 0.875 bits per heavy atom. The van der Waals surface area contributed by atoms with Gasteiger partial charge in [-0.25, -0.2) is 0 Å². The van der Waals surface area contributed by atoms with E-state index in [4.69, 9.17) is 0 Å². The molecule has 1 saturated heterocycles. The third-order valence-electron chi connectivity index (χ3n) is 4.27. The topological polar surface area (TPSA) is 49.4 Å². The van der Waals surface area contributed by atoms with Crippen molar-refractivity contribution in [1.29, 1.82) is 0 Å². The number of nitrogens with zero attached hydrogens (tertiary/aromatic N) is 1. The van der Waals surface area contributed by atoms with Crippen molar-refractivity contribution in [3.05, 3.63) is 64.7 Å². The molecule has 1 aliphatic heterocycles. The van der Waals surface area contributed by atoms with Gasteiger partial charge in [0.15, 0.2) is 0 Å². The third-order valence-corrected chi connectivity index (χ3v) is 4.27. The highest BCUT2D eigenvalue weighted by atomic mass is 16.2. The van der Waals surface area contributed by atoms with Crippen molar-refractivity contribution in [2.45, 2.75) is 26.7 Å². The maximum Gasteiger partial charge on any atom is 0.255 e. The molecule has 0 unspecified atom stereocenters. The lowest BCUT2D eigenvalue weighted by atomic mass is 10.1. The Hall–Kier alpha value is -2.62. The van der Waals surface area contributed by atoms with E-state index in [0.29, 0.717) is 16.8 Å². The fourth-order valence-corrected chi connectivity index (χ4v) is 3.11. The molecule has 0 spiro atoms. The lowest BCUT2D eigenvalue weighted by Gasteiger charge is -2.15. The molecule has 4 heteroatoms. The number of aryl methyl sites for hydroxylation is 2. The fraction of sp³-hybridized carbons (Fsp3) is 0.300. The molecule has 24 heavy (non-hydrogen) atoms. The largest absolute Gasteiger partial charge is 0.339 e. The van der Waals surface area contributed by atoms with Gasteiger partial charge in [-0.2, -0.15) is 0 Å². The molecule has 124 valence electrons. The Morgan fingerprint density at radius 3 is 2.04 bits per heavy atom. The summed E-state index contributed by atoms with van der Waals surface area (Å²) in [5.74, 6) is -0.0693. The molecule has 2 aromatic carbocycles. The fourth-order valence-electron chi connectivity index (χ4n) is 3.11. The average molecular weight is 322 g/mol. The minimum Gasteiger partial charge on any atom is -0.339 e. The maximum absolute atomic E-state index is 12.4. The number of anilines is 1. The second-order valence-corrected chi connectivity index (χ2v) is 6.41. The van der Waals surface area contributed by atoms with Gasteiger partial charge >= 0.3 is 0 Å². The highest BCUT2D eigenvalue weighted by molar-refractivity contribution is 6.04. The Balaban J connectivity index is 1.69. The Labute approximate surface area is 142 Å². The van der Waals surface area contributed by atoms with Gasteiger partial charge in [0.05, 0.1) is 0 Å². The van der Waals surface area contributed by atoms with Crippen LogP contribution in [0.15, 0.2) is 42.5 Å². The van der Waals surface area contributed by atoms with Crippen molar-refractivity contribution < 1.29 is 9.59 Å². The zero-order valence-corrected chi connectivity index (χ0v) is 14.1. The van der Waals surface area contributed by atoms with Crippen LogP contribution in [0.3, 0.4) is 0 Å². The lowest BCUT2D eigenvalue weighted by Crippen LogP contribution is -2.27. The van der Waals surface area contributed by atoms with Crippen molar-refractivity contribution in [1.82, 2.24) is 4.90 Å². The molecule has 0 radical (unpaired) electrons. The number of hydrogen-bond donors (Lipinski definition) is 1. The van der Waals surface area contributed by atoms with Crippen molar-refractivity contribution in [2.24, 2.45) is 0 Å². The van der Waals surface area contributed by atoms with Gasteiger partial charge in [-0.15, -0.1) is 0 Å². The van der Waals surface area contributed by atoms with Crippen LogP contribution < -0.4 is 5.32 Å². The van der Waals surface area contributed by atoms with Gasteiger partial charge in [0.25, 0.3) is 11.8 Å². The predicted octanol–water partition coefficient (Wildman–Crippen LogP) is 3.79. The van der Waals surface area contributed by atoms with E-state index in [9.17, 15) is 9.59 Å². The van der Waals surface area contributed by atoms with Gasteiger partial charge in [0, 0.05) is 29.9 Å². The van der Waals surface area contributed by atoms with E-state index in [1.165, 1.54) is 0 Å². The van der Waals surface area contributed by atoms with E-state index in [1.807, 2.05) is 36.9 Å². The summed E-state index contributed by atoms with van der Waals surface area (Å²) in [6.45, 7) is 5.62. The molecule has 0 aromatic heterocycles. The first-order valence-electron chi connectivity index (χ1n) is 8.32. The van der Waals surface area contributed by atoms with E-state index in [1.54, 1.807) is 24.3 Å². The molecule has 2 amide bonds. The van der Waals surface area contributed by atoms with E-state index in [0.717, 1.165) is 37.1 Å². The van der Waals surface area contributed by atoms with Gasteiger partial charge in [-0.05, 0) is 63.1 Å². The van der Waals surface area contributed by atoms with E-state index < -0.39 is 0 Å².